The van der Waals surface area contributed by atoms with Crippen LogP contribution in [0.4, 0.5) is 16.2 Å². The smallest absolute Gasteiger partial charge is 0.324 e. The Morgan fingerprint density at radius 1 is 1.24 bits per heavy atom. The van der Waals surface area contributed by atoms with E-state index >= 15 is 0 Å². The summed E-state index contributed by atoms with van der Waals surface area (Å²) in [5.74, 6) is 0. The lowest BCUT2D eigenvalue weighted by Gasteiger charge is -2.35. The van der Waals surface area contributed by atoms with E-state index in [0.717, 1.165) is 16.8 Å². The van der Waals surface area contributed by atoms with E-state index in [9.17, 15) is 4.79 Å². The molecule has 0 aromatic heterocycles. The van der Waals surface area contributed by atoms with E-state index in [0.29, 0.717) is 23.8 Å². The standard InChI is InChI=1S/C16H16ClN3O/c1-19-10-12-4-2-3-5-15(12)20(16(19)21)9-11-6-7-13(17)14(18)8-11/h2-8H,9-10,18H2,1H3. The number of anilines is 2. The minimum Gasteiger partial charge on any atom is -0.398 e. The molecule has 0 bridgehead atoms. The summed E-state index contributed by atoms with van der Waals surface area (Å²) in [4.78, 5) is 15.9. The van der Waals surface area contributed by atoms with Crippen molar-refractivity contribution in [2.45, 2.75) is 13.1 Å². The first-order valence-electron chi connectivity index (χ1n) is 6.70. The first-order chi connectivity index (χ1) is 10.1. The van der Waals surface area contributed by atoms with Crippen LogP contribution >= 0.6 is 11.6 Å². The molecule has 0 fully saturated rings. The van der Waals surface area contributed by atoms with E-state index in [1.165, 1.54) is 0 Å². The summed E-state index contributed by atoms with van der Waals surface area (Å²) in [5.41, 5.74) is 9.41. The van der Waals surface area contributed by atoms with Gasteiger partial charge in [-0.15, -0.1) is 0 Å². The van der Waals surface area contributed by atoms with Crippen LogP contribution in [-0.4, -0.2) is 18.0 Å². The van der Waals surface area contributed by atoms with E-state index in [1.807, 2.05) is 43.4 Å². The molecule has 0 atom stereocenters. The van der Waals surface area contributed by atoms with Crippen LogP contribution in [-0.2, 0) is 13.1 Å². The van der Waals surface area contributed by atoms with Crippen LogP contribution in [0.25, 0.3) is 0 Å². The summed E-state index contributed by atoms with van der Waals surface area (Å²) < 4.78 is 0. The Labute approximate surface area is 128 Å². The number of para-hydroxylation sites is 1. The molecule has 5 heteroatoms. The topological polar surface area (TPSA) is 49.6 Å². The molecule has 0 saturated carbocycles. The number of hydrogen-bond acceptors (Lipinski definition) is 2. The highest BCUT2D eigenvalue weighted by atomic mass is 35.5. The van der Waals surface area contributed by atoms with Crippen molar-refractivity contribution in [1.82, 2.24) is 4.90 Å². The monoisotopic (exact) mass is 301 g/mol. The third-order valence-electron chi connectivity index (χ3n) is 3.65. The number of amides is 2. The third-order valence-corrected chi connectivity index (χ3v) is 3.99. The summed E-state index contributed by atoms with van der Waals surface area (Å²) in [7, 11) is 1.81. The number of halogens is 1. The average molecular weight is 302 g/mol. The van der Waals surface area contributed by atoms with Crippen LogP contribution in [0.15, 0.2) is 42.5 Å². The van der Waals surface area contributed by atoms with E-state index in [-0.39, 0.29) is 6.03 Å². The number of nitrogens with zero attached hydrogens (tertiary/aromatic N) is 2. The normalized spacial score (nSPS) is 14.3. The molecule has 2 N–H and O–H groups in total. The summed E-state index contributed by atoms with van der Waals surface area (Å²) in [6, 6.07) is 13.4. The number of carbonyl (C=O) groups excluding carboxylic acids is 1. The van der Waals surface area contributed by atoms with Crippen molar-refractivity contribution in [3.05, 3.63) is 58.6 Å². The lowest BCUT2D eigenvalue weighted by atomic mass is 10.1. The fraction of sp³-hybridized carbons (Fsp3) is 0.188. The van der Waals surface area contributed by atoms with E-state index in [1.54, 1.807) is 15.9 Å². The van der Waals surface area contributed by atoms with E-state index in [2.05, 4.69) is 0 Å². The number of nitrogens with two attached hydrogens (primary N) is 1. The number of rotatable bonds is 2. The number of fused-ring (bicyclic) bond motifs is 1. The second-order valence-corrected chi connectivity index (χ2v) is 5.62. The van der Waals surface area contributed by atoms with Crippen molar-refractivity contribution in [2.75, 3.05) is 17.7 Å². The molecule has 108 valence electrons. The molecule has 0 spiro atoms. The first-order valence-corrected chi connectivity index (χ1v) is 7.08. The second kappa shape index (κ2) is 5.30. The minimum absolute atomic E-state index is 0.0118. The molecule has 1 heterocycles. The molecule has 0 aliphatic carbocycles. The van der Waals surface area contributed by atoms with Crippen LogP contribution in [0.1, 0.15) is 11.1 Å². The molecule has 4 nitrogen and oxygen atoms in total. The van der Waals surface area contributed by atoms with Crippen LogP contribution in [0.2, 0.25) is 5.02 Å². The van der Waals surface area contributed by atoms with Gasteiger partial charge in [-0.2, -0.15) is 0 Å². The number of hydrogen-bond donors (Lipinski definition) is 1. The molecule has 1 aliphatic heterocycles. The Hall–Kier alpha value is -2.20. The minimum atomic E-state index is -0.0118. The third kappa shape index (κ3) is 2.54. The molecule has 2 amide bonds. The van der Waals surface area contributed by atoms with Crippen molar-refractivity contribution in [3.8, 4) is 0 Å². The predicted molar refractivity (Wildman–Crippen MR) is 85.4 cm³/mol. The fourth-order valence-corrected chi connectivity index (χ4v) is 2.68. The summed E-state index contributed by atoms with van der Waals surface area (Å²) in [6.45, 7) is 1.11. The zero-order chi connectivity index (χ0) is 15.0. The van der Waals surface area contributed by atoms with Gasteiger partial charge in [0.1, 0.15) is 0 Å². The number of nitrogen functional groups attached to an aromatic ring is 1. The highest BCUT2D eigenvalue weighted by molar-refractivity contribution is 6.33. The lowest BCUT2D eigenvalue weighted by molar-refractivity contribution is 0.210. The zero-order valence-electron chi connectivity index (χ0n) is 11.7. The van der Waals surface area contributed by atoms with Crippen molar-refractivity contribution >= 4 is 29.0 Å². The van der Waals surface area contributed by atoms with Gasteiger partial charge in [-0.05, 0) is 29.3 Å². The van der Waals surface area contributed by atoms with Gasteiger partial charge in [0.05, 0.1) is 22.9 Å². The molecule has 1 aliphatic rings. The SMILES string of the molecule is CN1Cc2ccccc2N(Cc2ccc(Cl)c(N)c2)C1=O. The van der Waals surface area contributed by atoms with Gasteiger partial charge >= 0.3 is 6.03 Å². The summed E-state index contributed by atoms with van der Waals surface area (Å²) in [6.07, 6.45) is 0. The van der Waals surface area contributed by atoms with Crippen molar-refractivity contribution in [2.24, 2.45) is 0 Å². The lowest BCUT2D eigenvalue weighted by Crippen LogP contribution is -2.44. The van der Waals surface area contributed by atoms with Gasteiger partial charge in [-0.1, -0.05) is 35.9 Å². The maximum absolute atomic E-state index is 12.4. The summed E-state index contributed by atoms with van der Waals surface area (Å²) >= 11 is 5.94. The molecule has 3 rings (SSSR count). The molecular formula is C16H16ClN3O. The van der Waals surface area contributed by atoms with Gasteiger partial charge in [-0.25, -0.2) is 4.79 Å². The van der Waals surface area contributed by atoms with Gasteiger partial charge in [0, 0.05) is 13.6 Å². The number of benzene rings is 2. The van der Waals surface area contributed by atoms with Gasteiger partial charge in [-0.3, -0.25) is 4.90 Å². The largest absolute Gasteiger partial charge is 0.398 e. The second-order valence-electron chi connectivity index (χ2n) is 5.21. The van der Waals surface area contributed by atoms with Crippen LogP contribution < -0.4 is 10.6 Å². The Bertz CT molecular complexity index is 702. The highest BCUT2D eigenvalue weighted by Gasteiger charge is 2.27. The van der Waals surface area contributed by atoms with E-state index < -0.39 is 0 Å². The van der Waals surface area contributed by atoms with Crippen LogP contribution in [0, 0.1) is 0 Å². The van der Waals surface area contributed by atoms with Crippen molar-refractivity contribution < 1.29 is 4.79 Å². The van der Waals surface area contributed by atoms with Gasteiger partial charge in [0.25, 0.3) is 0 Å². The molecule has 0 unspecified atom stereocenters. The van der Waals surface area contributed by atoms with Crippen molar-refractivity contribution in [3.63, 3.8) is 0 Å². The van der Waals surface area contributed by atoms with Crippen LogP contribution in [0.5, 0.6) is 0 Å². The zero-order valence-corrected chi connectivity index (χ0v) is 12.5. The number of carbonyl (C=O) groups is 1. The van der Waals surface area contributed by atoms with Crippen molar-refractivity contribution in [1.29, 1.82) is 0 Å². The van der Waals surface area contributed by atoms with Gasteiger partial charge in [0.2, 0.25) is 0 Å². The molecule has 21 heavy (non-hydrogen) atoms. The Morgan fingerprint density at radius 2 is 2.00 bits per heavy atom. The van der Waals surface area contributed by atoms with E-state index in [4.69, 9.17) is 17.3 Å². The maximum Gasteiger partial charge on any atom is 0.324 e. The van der Waals surface area contributed by atoms with Gasteiger partial charge in [0.15, 0.2) is 0 Å². The molecular weight excluding hydrogens is 286 g/mol. The fourth-order valence-electron chi connectivity index (χ4n) is 2.57. The molecule has 2 aromatic carbocycles. The number of urea groups is 1. The predicted octanol–water partition coefficient (Wildman–Crippen LogP) is 3.49. The Balaban J connectivity index is 1.96. The molecule has 0 radical (unpaired) electrons. The summed E-state index contributed by atoms with van der Waals surface area (Å²) in [5, 5.41) is 0.529. The Kier molecular flexibility index (Phi) is 3.47. The first kappa shape index (κ1) is 13.8. The highest BCUT2D eigenvalue weighted by Crippen LogP contribution is 2.30. The maximum atomic E-state index is 12.4. The quantitative estimate of drug-likeness (QED) is 0.863. The molecule has 2 aromatic rings. The average Bonchev–Trinajstić information content (AvgIpc) is 2.47. The Morgan fingerprint density at radius 3 is 2.76 bits per heavy atom. The van der Waals surface area contributed by atoms with Gasteiger partial charge < -0.3 is 10.6 Å². The molecule has 0 saturated heterocycles. The van der Waals surface area contributed by atoms with Crippen LogP contribution in [0.3, 0.4) is 0 Å².